The van der Waals surface area contributed by atoms with Crippen molar-refractivity contribution >= 4 is 5.91 Å². The predicted molar refractivity (Wildman–Crippen MR) is 86.5 cm³/mol. The lowest BCUT2D eigenvalue weighted by Crippen LogP contribution is -2.49. The molecule has 2 fully saturated rings. The molecule has 2 atom stereocenters. The molecule has 0 aromatic carbocycles. The number of ether oxygens (including phenoxy) is 1. The van der Waals surface area contributed by atoms with E-state index in [0.29, 0.717) is 6.04 Å². The molecule has 3 aliphatic rings. The number of fused-ring (bicyclic) bond motifs is 1. The van der Waals surface area contributed by atoms with Crippen LogP contribution in [-0.2, 0) is 17.7 Å². The van der Waals surface area contributed by atoms with Crippen LogP contribution in [0.2, 0.25) is 0 Å². The Kier molecular flexibility index (Phi) is 4.11. The maximum Gasteiger partial charge on any atom is 0.257 e. The molecule has 0 saturated carbocycles. The van der Waals surface area contributed by atoms with Crippen molar-refractivity contribution in [3.8, 4) is 0 Å². The molecular formula is C17H26N4O2. The van der Waals surface area contributed by atoms with Crippen molar-refractivity contribution in [2.24, 2.45) is 0 Å². The summed E-state index contributed by atoms with van der Waals surface area (Å²) in [6.45, 7) is 7.60. The number of rotatable bonds is 2. The van der Waals surface area contributed by atoms with Gasteiger partial charge in [0.05, 0.1) is 30.7 Å². The molecule has 126 valence electrons. The number of nitrogens with zero attached hydrogens (tertiary/aromatic N) is 4. The molecule has 0 radical (unpaired) electrons. The molecule has 1 aromatic rings. The number of aryl methyl sites for hydroxylation is 1. The standard InChI is InChI=1S/C17H26N4O2/c1-13-15(19-8-10-23-11-9-19)5-7-20(13)17(22)14-12-18-21-6-3-2-4-16(14)21/h12-13,15H,2-11H2,1H3/t13-,15-/m1/s1. The second kappa shape index (κ2) is 6.24. The second-order valence-electron chi connectivity index (χ2n) is 6.93. The van der Waals surface area contributed by atoms with Gasteiger partial charge in [-0.1, -0.05) is 0 Å². The fourth-order valence-corrected chi connectivity index (χ4v) is 4.36. The van der Waals surface area contributed by atoms with Crippen LogP contribution in [0.3, 0.4) is 0 Å². The van der Waals surface area contributed by atoms with Crippen LogP contribution in [0.1, 0.15) is 42.2 Å². The van der Waals surface area contributed by atoms with Crippen LogP contribution in [0, 0.1) is 0 Å². The Morgan fingerprint density at radius 3 is 2.87 bits per heavy atom. The molecule has 6 heteroatoms. The van der Waals surface area contributed by atoms with Gasteiger partial charge < -0.3 is 9.64 Å². The fourth-order valence-electron chi connectivity index (χ4n) is 4.36. The monoisotopic (exact) mass is 318 g/mol. The maximum absolute atomic E-state index is 13.0. The summed E-state index contributed by atoms with van der Waals surface area (Å²) >= 11 is 0. The normalized spacial score (nSPS) is 28.8. The Bertz CT molecular complexity index is 579. The van der Waals surface area contributed by atoms with E-state index >= 15 is 0 Å². The van der Waals surface area contributed by atoms with Gasteiger partial charge in [-0.3, -0.25) is 14.4 Å². The van der Waals surface area contributed by atoms with Crippen molar-refractivity contribution in [2.75, 3.05) is 32.8 Å². The topological polar surface area (TPSA) is 50.6 Å². The molecule has 6 nitrogen and oxygen atoms in total. The van der Waals surface area contributed by atoms with Gasteiger partial charge in [0, 0.05) is 38.3 Å². The average Bonchev–Trinajstić information content (AvgIpc) is 3.19. The molecule has 1 amide bonds. The second-order valence-corrected chi connectivity index (χ2v) is 6.93. The van der Waals surface area contributed by atoms with E-state index in [9.17, 15) is 4.79 Å². The summed E-state index contributed by atoms with van der Waals surface area (Å²) in [7, 11) is 0. The molecule has 4 rings (SSSR count). The number of carbonyl (C=O) groups excluding carboxylic acids is 1. The third-order valence-corrected chi connectivity index (χ3v) is 5.70. The Morgan fingerprint density at radius 1 is 1.22 bits per heavy atom. The van der Waals surface area contributed by atoms with E-state index in [-0.39, 0.29) is 11.9 Å². The fraction of sp³-hybridized carbons (Fsp3) is 0.765. The minimum atomic E-state index is 0.177. The van der Waals surface area contributed by atoms with E-state index in [1.165, 1.54) is 6.42 Å². The molecule has 0 bridgehead atoms. The van der Waals surface area contributed by atoms with Crippen LogP contribution < -0.4 is 0 Å². The molecule has 0 N–H and O–H groups in total. The van der Waals surface area contributed by atoms with Crippen LogP contribution in [0.15, 0.2) is 6.20 Å². The van der Waals surface area contributed by atoms with Crippen molar-refractivity contribution in [1.29, 1.82) is 0 Å². The largest absolute Gasteiger partial charge is 0.379 e. The highest BCUT2D eigenvalue weighted by Gasteiger charge is 2.39. The van der Waals surface area contributed by atoms with E-state index in [1.54, 1.807) is 6.20 Å². The molecule has 2 saturated heterocycles. The minimum absolute atomic E-state index is 0.177. The Labute approximate surface area is 137 Å². The zero-order chi connectivity index (χ0) is 15.8. The number of morpholine rings is 1. The maximum atomic E-state index is 13.0. The zero-order valence-corrected chi connectivity index (χ0v) is 13.9. The molecule has 3 aliphatic heterocycles. The average molecular weight is 318 g/mol. The summed E-state index contributed by atoms with van der Waals surface area (Å²) in [6.07, 6.45) is 6.17. The van der Waals surface area contributed by atoms with Gasteiger partial charge in [0.1, 0.15) is 0 Å². The van der Waals surface area contributed by atoms with Crippen molar-refractivity contribution in [1.82, 2.24) is 19.6 Å². The van der Waals surface area contributed by atoms with Crippen molar-refractivity contribution in [2.45, 2.75) is 51.2 Å². The van der Waals surface area contributed by atoms with Gasteiger partial charge >= 0.3 is 0 Å². The lowest BCUT2D eigenvalue weighted by atomic mass is 10.1. The van der Waals surface area contributed by atoms with Crippen molar-refractivity contribution in [3.63, 3.8) is 0 Å². The number of hydrogen-bond acceptors (Lipinski definition) is 4. The van der Waals surface area contributed by atoms with Gasteiger partial charge in [-0.05, 0) is 32.6 Å². The summed E-state index contributed by atoms with van der Waals surface area (Å²) in [5.41, 5.74) is 1.97. The first kappa shape index (κ1) is 15.1. The molecule has 0 spiro atoms. The minimum Gasteiger partial charge on any atom is -0.379 e. The Hall–Kier alpha value is -1.40. The third-order valence-electron chi connectivity index (χ3n) is 5.70. The quantitative estimate of drug-likeness (QED) is 0.821. The van der Waals surface area contributed by atoms with E-state index in [0.717, 1.165) is 69.9 Å². The SMILES string of the molecule is C[C@@H]1[C@H](N2CCOCC2)CCN1C(=O)c1cnn2c1CCCC2. The molecule has 0 aliphatic carbocycles. The van der Waals surface area contributed by atoms with Crippen LogP contribution in [-0.4, -0.2) is 70.4 Å². The van der Waals surface area contributed by atoms with E-state index in [4.69, 9.17) is 4.74 Å². The van der Waals surface area contributed by atoms with Gasteiger partial charge in [-0.25, -0.2) is 0 Å². The number of aromatic nitrogens is 2. The summed E-state index contributed by atoms with van der Waals surface area (Å²) in [5, 5.41) is 4.43. The van der Waals surface area contributed by atoms with Gasteiger partial charge in [0.25, 0.3) is 5.91 Å². The van der Waals surface area contributed by atoms with Gasteiger partial charge in [-0.2, -0.15) is 5.10 Å². The van der Waals surface area contributed by atoms with Crippen LogP contribution in [0.4, 0.5) is 0 Å². The smallest absolute Gasteiger partial charge is 0.257 e. The molecule has 0 unspecified atom stereocenters. The molecular weight excluding hydrogens is 292 g/mol. The first-order valence-electron chi connectivity index (χ1n) is 8.93. The Balaban J connectivity index is 1.50. The lowest BCUT2D eigenvalue weighted by molar-refractivity contribution is 0.0104. The predicted octanol–water partition coefficient (Wildman–Crippen LogP) is 1.15. The number of amides is 1. The summed E-state index contributed by atoms with van der Waals surface area (Å²) in [5.74, 6) is 0.177. The third kappa shape index (κ3) is 2.68. The first-order chi connectivity index (χ1) is 11.3. The van der Waals surface area contributed by atoms with Gasteiger partial charge in [0.15, 0.2) is 0 Å². The highest BCUT2D eigenvalue weighted by molar-refractivity contribution is 5.95. The number of hydrogen-bond donors (Lipinski definition) is 0. The molecule has 23 heavy (non-hydrogen) atoms. The van der Waals surface area contributed by atoms with Crippen molar-refractivity contribution < 1.29 is 9.53 Å². The van der Waals surface area contributed by atoms with E-state index < -0.39 is 0 Å². The van der Waals surface area contributed by atoms with Crippen LogP contribution in [0.5, 0.6) is 0 Å². The molecule has 1 aromatic heterocycles. The summed E-state index contributed by atoms with van der Waals surface area (Å²) in [4.78, 5) is 17.6. The Morgan fingerprint density at radius 2 is 2.04 bits per heavy atom. The first-order valence-corrected chi connectivity index (χ1v) is 8.93. The number of carbonyl (C=O) groups is 1. The van der Waals surface area contributed by atoms with Crippen LogP contribution in [0.25, 0.3) is 0 Å². The molecule has 4 heterocycles. The highest BCUT2D eigenvalue weighted by atomic mass is 16.5. The summed E-state index contributed by atoms with van der Waals surface area (Å²) in [6, 6.07) is 0.731. The summed E-state index contributed by atoms with van der Waals surface area (Å²) < 4.78 is 7.48. The van der Waals surface area contributed by atoms with E-state index in [2.05, 4.69) is 21.8 Å². The van der Waals surface area contributed by atoms with Gasteiger partial charge in [0.2, 0.25) is 0 Å². The lowest BCUT2D eigenvalue weighted by Gasteiger charge is -2.35. The highest BCUT2D eigenvalue weighted by Crippen LogP contribution is 2.27. The van der Waals surface area contributed by atoms with Crippen molar-refractivity contribution in [3.05, 3.63) is 17.5 Å². The van der Waals surface area contributed by atoms with Crippen LogP contribution >= 0.6 is 0 Å². The van der Waals surface area contributed by atoms with E-state index in [1.807, 2.05) is 4.68 Å². The van der Waals surface area contributed by atoms with Gasteiger partial charge in [-0.15, -0.1) is 0 Å². The zero-order valence-electron chi connectivity index (χ0n) is 13.9. The number of likely N-dealkylation sites (tertiary alicyclic amines) is 1.